The summed E-state index contributed by atoms with van der Waals surface area (Å²) in [6.45, 7) is 2.23. The zero-order chi connectivity index (χ0) is 16.2. The quantitative estimate of drug-likeness (QED) is 0.895. The Balaban J connectivity index is 1.76. The molecule has 1 saturated heterocycles. The van der Waals surface area contributed by atoms with E-state index in [0.29, 0.717) is 29.1 Å². The molecule has 3 rings (SSSR count). The van der Waals surface area contributed by atoms with Crippen molar-refractivity contribution < 1.29 is 4.79 Å². The van der Waals surface area contributed by atoms with Crippen LogP contribution in [0.15, 0.2) is 17.5 Å². The summed E-state index contributed by atoms with van der Waals surface area (Å²) in [5.41, 5.74) is 0. The fourth-order valence-electron chi connectivity index (χ4n) is 2.39. The van der Waals surface area contributed by atoms with Crippen LogP contribution in [0.25, 0.3) is 0 Å². The highest BCUT2D eigenvalue weighted by Crippen LogP contribution is 2.18. The van der Waals surface area contributed by atoms with Crippen LogP contribution < -0.4 is 15.1 Å². The molecule has 2 aromatic rings. The largest absolute Gasteiger partial charge is 0.347 e. The first-order chi connectivity index (χ1) is 11.1. The molecule has 0 unspecified atom stereocenters. The van der Waals surface area contributed by atoms with Crippen molar-refractivity contribution in [3.05, 3.63) is 28.2 Å². The van der Waals surface area contributed by atoms with Crippen molar-refractivity contribution in [3.8, 4) is 0 Å². The lowest BCUT2D eigenvalue weighted by Gasteiger charge is -2.18. The fraction of sp³-hybridized carbons (Fsp3) is 0.467. The summed E-state index contributed by atoms with van der Waals surface area (Å²) in [7, 11) is 3.80. The molecule has 1 aliphatic heterocycles. The van der Waals surface area contributed by atoms with E-state index in [4.69, 9.17) is 0 Å². The minimum atomic E-state index is -0.102. The molecule has 1 fully saturated rings. The van der Waals surface area contributed by atoms with Crippen LogP contribution in [0.3, 0.4) is 0 Å². The number of hydrogen-bond acceptors (Lipinski definition) is 7. The first kappa shape index (κ1) is 15.7. The third-order valence-electron chi connectivity index (χ3n) is 3.60. The Morgan fingerprint density at radius 2 is 2.09 bits per heavy atom. The van der Waals surface area contributed by atoms with E-state index in [1.165, 1.54) is 11.3 Å². The van der Waals surface area contributed by atoms with E-state index >= 15 is 0 Å². The second-order valence-corrected chi connectivity index (χ2v) is 6.55. The average molecular weight is 332 g/mol. The van der Waals surface area contributed by atoms with Crippen LogP contribution in [0.1, 0.15) is 28.3 Å². The lowest BCUT2D eigenvalue weighted by Crippen LogP contribution is -2.27. The number of nitrogens with zero attached hydrogens (tertiary/aromatic N) is 5. The number of carbonyl (C=O) groups is 1. The molecule has 122 valence electrons. The van der Waals surface area contributed by atoms with Gasteiger partial charge in [0.1, 0.15) is 0 Å². The van der Waals surface area contributed by atoms with E-state index in [0.717, 1.165) is 25.9 Å². The summed E-state index contributed by atoms with van der Waals surface area (Å²) in [6.07, 6.45) is 2.32. The van der Waals surface area contributed by atoms with E-state index in [1.807, 2.05) is 30.4 Å². The summed E-state index contributed by atoms with van der Waals surface area (Å²) < 4.78 is 0. The van der Waals surface area contributed by atoms with Crippen molar-refractivity contribution in [2.75, 3.05) is 37.0 Å². The molecule has 0 atom stereocenters. The van der Waals surface area contributed by atoms with Crippen LogP contribution >= 0.6 is 11.3 Å². The van der Waals surface area contributed by atoms with Gasteiger partial charge >= 0.3 is 0 Å². The van der Waals surface area contributed by atoms with Gasteiger partial charge in [0.05, 0.1) is 11.4 Å². The van der Waals surface area contributed by atoms with E-state index < -0.39 is 0 Å². The molecule has 8 heteroatoms. The standard InChI is InChI=1S/C15H20N6OS/c1-20(2)14-17-12(10-16-13(22)11-6-5-9-23-11)18-15(19-14)21-7-3-4-8-21/h5-6,9H,3-4,7-8,10H2,1-2H3,(H,16,22). The molecule has 2 aromatic heterocycles. The zero-order valence-electron chi connectivity index (χ0n) is 13.3. The van der Waals surface area contributed by atoms with Gasteiger partial charge in [0.15, 0.2) is 5.82 Å². The van der Waals surface area contributed by atoms with Crippen molar-refractivity contribution in [3.63, 3.8) is 0 Å². The van der Waals surface area contributed by atoms with Crippen molar-refractivity contribution in [2.45, 2.75) is 19.4 Å². The Bertz CT molecular complexity index is 667. The number of carbonyl (C=O) groups excluding carboxylic acids is 1. The molecule has 1 amide bonds. The lowest BCUT2D eigenvalue weighted by atomic mass is 10.4. The predicted molar refractivity (Wildman–Crippen MR) is 91.1 cm³/mol. The number of anilines is 2. The summed E-state index contributed by atoms with van der Waals surface area (Å²) in [4.78, 5) is 30.2. The number of thiophene rings is 1. The maximum absolute atomic E-state index is 12.0. The van der Waals surface area contributed by atoms with Gasteiger partial charge in [-0.25, -0.2) is 0 Å². The van der Waals surface area contributed by atoms with Crippen molar-refractivity contribution >= 4 is 29.1 Å². The fourth-order valence-corrected chi connectivity index (χ4v) is 3.03. The highest BCUT2D eigenvalue weighted by molar-refractivity contribution is 7.12. The second kappa shape index (κ2) is 6.91. The molecule has 1 aliphatic rings. The van der Waals surface area contributed by atoms with Crippen molar-refractivity contribution in [2.24, 2.45) is 0 Å². The summed E-state index contributed by atoms with van der Waals surface area (Å²) in [6, 6.07) is 3.66. The Morgan fingerprint density at radius 3 is 2.74 bits per heavy atom. The molecule has 0 spiro atoms. The van der Waals surface area contributed by atoms with Gasteiger partial charge in [0.2, 0.25) is 11.9 Å². The first-order valence-corrected chi connectivity index (χ1v) is 8.50. The monoisotopic (exact) mass is 332 g/mol. The predicted octanol–water partition coefficient (Wildman–Crippen LogP) is 1.53. The number of amides is 1. The molecule has 1 N–H and O–H groups in total. The normalized spacial score (nSPS) is 14.1. The number of nitrogens with one attached hydrogen (secondary N) is 1. The van der Waals surface area contributed by atoms with Gasteiger partial charge in [-0.15, -0.1) is 11.3 Å². The Hall–Kier alpha value is -2.22. The molecule has 0 aromatic carbocycles. The molecular weight excluding hydrogens is 312 g/mol. The van der Waals surface area contributed by atoms with Gasteiger partial charge in [0, 0.05) is 27.2 Å². The van der Waals surface area contributed by atoms with Crippen LogP contribution in [0.4, 0.5) is 11.9 Å². The van der Waals surface area contributed by atoms with Crippen molar-refractivity contribution in [1.29, 1.82) is 0 Å². The number of rotatable bonds is 5. The Labute approximate surface area is 139 Å². The number of aromatic nitrogens is 3. The molecule has 0 bridgehead atoms. The maximum atomic E-state index is 12.0. The second-order valence-electron chi connectivity index (χ2n) is 5.60. The first-order valence-electron chi connectivity index (χ1n) is 7.62. The smallest absolute Gasteiger partial charge is 0.261 e. The molecule has 3 heterocycles. The summed E-state index contributed by atoms with van der Waals surface area (Å²) in [5.74, 6) is 1.79. The molecule has 0 radical (unpaired) electrons. The van der Waals surface area contributed by atoms with Crippen LogP contribution in [-0.4, -0.2) is 48.0 Å². The van der Waals surface area contributed by atoms with E-state index in [9.17, 15) is 4.79 Å². The number of hydrogen-bond donors (Lipinski definition) is 1. The van der Waals surface area contributed by atoms with Gasteiger partial charge in [-0.2, -0.15) is 15.0 Å². The topological polar surface area (TPSA) is 74.2 Å². The summed E-state index contributed by atoms with van der Waals surface area (Å²) in [5, 5.41) is 4.75. The minimum Gasteiger partial charge on any atom is -0.347 e. The lowest BCUT2D eigenvalue weighted by molar-refractivity contribution is 0.0954. The third-order valence-corrected chi connectivity index (χ3v) is 4.47. The zero-order valence-corrected chi connectivity index (χ0v) is 14.1. The van der Waals surface area contributed by atoms with E-state index in [-0.39, 0.29) is 5.91 Å². The summed E-state index contributed by atoms with van der Waals surface area (Å²) >= 11 is 1.42. The van der Waals surface area contributed by atoms with Crippen LogP contribution in [0.5, 0.6) is 0 Å². The van der Waals surface area contributed by atoms with Crippen molar-refractivity contribution in [1.82, 2.24) is 20.3 Å². The van der Waals surface area contributed by atoms with E-state index in [2.05, 4.69) is 25.2 Å². The van der Waals surface area contributed by atoms with Gasteiger partial charge in [-0.3, -0.25) is 4.79 Å². The Kier molecular flexibility index (Phi) is 4.71. The average Bonchev–Trinajstić information content (AvgIpc) is 3.25. The maximum Gasteiger partial charge on any atom is 0.261 e. The molecular formula is C15H20N6OS. The molecule has 7 nitrogen and oxygen atoms in total. The van der Waals surface area contributed by atoms with Crippen LogP contribution in [0.2, 0.25) is 0 Å². The Morgan fingerprint density at radius 1 is 1.30 bits per heavy atom. The van der Waals surface area contributed by atoms with Crippen LogP contribution in [0, 0.1) is 0 Å². The van der Waals surface area contributed by atoms with Gasteiger partial charge in [-0.1, -0.05) is 6.07 Å². The molecule has 0 saturated carbocycles. The van der Waals surface area contributed by atoms with Crippen LogP contribution in [-0.2, 0) is 6.54 Å². The van der Waals surface area contributed by atoms with Gasteiger partial charge in [0.25, 0.3) is 5.91 Å². The van der Waals surface area contributed by atoms with Gasteiger partial charge < -0.3 is 15.1 Å². The van der Waals surface area contributed by atoms with E-state index in [1.54, 1.807) is 6.07 Å². The molecule has 0 aliphatic carbocycles. The molecule has 23 heavy (non-hydrogen) atoms. The third kappa shape index (κ3) is 3.76. The highest BCUT2D eigenvalue weighted by Gasteiger charge is 2.18. The highest BCUT2D eigenvalue weighted by atomic mass is 32.1. The SMILES string of the molecule is CN(C)c1nc(CNC(=O)c2cccs2)nc(N2CCCC2)n1. The van der Waals surface area contributed by atoms with Gasteiger partial charge in [-0.05, 0) is 24.3 Å². The minimum absolute atomic E-state index is 0.102.